The molecule has 4 rings (SSSR count). The first kappa shape index (κ1) is 22.0. The molecule has 2 aliphatic rings. The molecule has 0 N–H and O–H groups in total. The fourth-order valence-electron chi connectivity index (χ4n) is 5.85. The predicted molar refractivity (Wildman–Crippen MR) is 128 cm³/mol. The maximum Gasteiger partial charge on any atom is 0.164 e. The minimum Gasteiger partial charge on any atom is -0.294 e. The molecule has 0 saturated carbocycles. The van der Waals surface area contributed by atoms with Crippen molar-refractivity contribution in [2.24, 2.45) is 0 Å². The Hall–Kier alpha value is -2.22. The average Bonchev–Trinajstić information content (AvgIpc) is 3.12. The summed E-state index contributed by atoms with van der Waals surface area (Å²) in [5, 5.41) is 0. The normalized spacial score (nSPS) is 17.0. The van der Waals surface area contributed by atoms with E-state index in [4.69, 9.17) is 0 Å². The molecule has 2 aromatic carbocycles. The fourth-order valence-corrected chi connectivity index (χ4v) is 5.85. The number of rotatable bonds is 4. The van der Waals surface area contributed by atoms with E-state index < -0.39 is 5.41 Å². The van der Waals surface area contributed by atoms with Crippen molar-refractivity contribution in [3.63, 3.8) is 0 Å². The standard InChI is InChI=1S/C29H36O2/c1-15(2)19-9-23-25(11-21(19)17(5)6)29(13-27(23)30)14-28(31)24-10-20(16(3)4)22(18(7)8)12-26(24)29/h9-12,15-18H,13-14H2,1-8H3. The smallest absolute Gasteiger partial charge is 0.164 e. The topological polar surface area (TPSA) is 34.1 Å². The Morgan fingerprint density at radius 3 is 1.13 bits per heavy atom. The van der Waals surface area contributed by atoms with Gasteiger partial charge in [-0.2, -0.15) is 0 Å². The molecule has 0 amide bonds. The largest absolute Gasteiger partial charge is 0.294 e. The van der Waals surface area contributed by atoms with Gasteiger partial charge in [0.25, 0.3) is 0 Å². The van der Waals surface area contributed by atoms with E-state index in [0.29, 0.717) is 36.5 Å². The van der Waals surface area contributed by atoms with Crippen LogP contribution in [0.25, 0.3) is 0 Å². The quantitative estimate of drug-likeness (QED) is 0.513. The maximum atomic E-state index is 13.3. The highest BCUT2D eigenvalue weighted by Crippen LogP contribution is 2.54. The molecule has 0 aliphatic heterocycles. The number of hydrogen-bond acceptors (Lipinski definition) is 2. The van der Waals surface area contributed by atoms with E-state index in [9.17, 15) is 9.59 Å². The Labute approximate surface area is 187 Å². The molecule has 2 aliphatic carbocycles. The zero-order chi connectivity index (χ0) is 22.8. The second-order valence-corrected chi connectivity index (χ2v) is 11.0. The summed E-state index contributed by atoms with van der Waals surface area (Å²) in [5.74, 6) is 1.86. The number of benzene rings is 2. The number of Topliss-reactive ketones (excluding diaryl/α,β-unsaturated/α-hetero) is 2. The maximum absolute atomic E-state index is 13.3. The molecule has 0 atom stereocenters. The summed E-state index contributed by atoms with van der Waals surface area (Å²) in [5.41, 5.74) is 8.52. The minimum atomic E-state index is -0.489. The summed E-state index contributed by atoms with van der Waals surface area (Å²) in [6.07, 6.45) is 0.831. The van der Waals surface area contributed by atoms with Crippen molar-refractivity contribution in [1.29, 1.82) is 0 Å². The molecule has 2 heteroatoms. The van der Waals surface area contributed by atoms with Crippen molar-refractivity contribution in [1.82, 2.24) is 0 Å². The third kappa shape index (κ3) is 3.22. The number of hydrogen-bond donors (Lipinski definition) is 0. The summed E-state index contributed by atoms with van der Waals surface area (Å²) in [4.78, 5) is 26.6. The second kappa shape index (κ2) is 7.43. The summed E-state index contributed by atoms with van der Waals surface area (Å²) < 4.78 is 0. The molecular weight excluding hydrogens is 380 g/mol. The van der Waals surface area contributed by atoms with Crippen LogP contribution in [0.2, 0.25) is 0 Å². The van der Waals surface area contributed by atoms with Gasteiger partial charge >= 0.3 is 0 Å². The van der Waals surface area contributed by atoms with Crippen LogP contribution < -0.4 is 0 Å². The van der Waals surface area contributed by atoms with Crippen molar-refractivity contribution in [3.8, 4) is 0 Å². The Morgan fingerprint density at radius 2 is 0.839 bits per heavy atom. The van der Waals surface area contributed by atoms with Gasteiger partial charge in [0.2, 0.25) is 0 Å². The van der Waals surface area contributed by atoms with Crippen molar-refractivity contribution < 1.29 is 9.59 Å². The summed E-state index contributed by atoms with van der Waals surface area (Å²) in [6, 6.07) is 8.82. The molecule has 2 aromatic rings. The Morgan fingerprint density at radius 1 is 0.548 bits per heavy atom. The van der Waals surface area contributed by atoms with Gasteiger partial charge in [0.15, 0.2) is 11.6 Å². The third-order valence-electron chi connectivity index (χ3n) is 7.49. The SMILES string of the molecule is CC(C)c1cc2c(cc1C(C)C)C1(CC2=O)CC(=O)c2cc(C(C)C)c(C(C)C)cc21. The van der Waals surface area contributed by atoms with E-state index in [1.165, 1.54) is 22.3 Å². The summed E-state index contributed by atoms with van der Waals surface area (Å²) in [6.45, 7) is 17.7. The first-order valence-electron chi connectivity index (χ1n) is 11.9. The first-order valence-corrected chi connectivity index (χ1v) is 11.9. The van der Waals surface area contributed by atoms with Gasteiger partial charge in [0.05, 0.1) is 0 Å². The molecule has 0 bridgehead atoms. The molecule has 0 fully saturated rings. The van der Waals surface area contributed by atoms with Gasteiger partial charge in [-0.3, -0.25) is 9.59 Å². The van der Waals surface area contributed by atoms with Crippen LogP contribution in [0.15, 0.2) is 24.3 Å². The van der Waals surface area contributed by atoms with Crippen LogP contribution in [0, 0.1) is 0 Å². The Kier molecular flexibility index (Phi) is 5.27. The second-order valence-electron chi connectivity index (χ2n) is 11.0. The molecule has 0 aromatic heterocycles. The number of ketones is 2. The molecule has 2 nitrogen and oxygen atoms in total. The van der Waals surface area contributed by atoms with Crippen LogP contribution in [0.1, 0.15) is 146 Å². The fraction of sp³-hybridized carbons (Fsp3) is 0.517. The lowest BCUT2D eigenvalue weighted by atomic mass is 9.73. The molecule has 0 unspecified atom stereocenters. The summed E-state index contributed by atoms with van der Waals surface area (Å²) >= 11 is 0. The molecule has 0 heterocycles. The molecule has 0 saturated heterocycles. The minimum absolute atomic E-state index is 0.187. The molecule has 0 radical (unpaired) electrons. The van der Waals surface area contributed by atoms with Crippen molar-refractivity contribution >= 4 is 11.6 Å². The van der Waals surface area contributed by atoms with Crippen LogP contribution in [0.4, 0.5) is 0 Å². The number of carbonyl (C=O) groups excluding carboxylic acids is 2. The summed E-state index contributed by atoms with van der Waals surface area (Å²) in [7, 11) is 0. The van der Waals surface area contributed by atoms with E-state index in [0.717, 1.165) is 22.3 Å². The lowest BCUT2D eigenvalue weighted by Crippen LogP contribution is -2.23. The Balaban J connectivity index is 2.01. The zero-order valence-corrected chi connectivity index (χ0v) is 20.3. The van der Waals surface area contributed by atoms with Gasteiger partial charge in [-0.1, -0.05) is 67.5 Å². The van der Waals surface area contributed by atoms with Gasteiger partial charge < -0.3 is 0 Å². The highest BCUT2D eigenvalue weighted by Gasteiger charge is 2.52. The van der Waals surface area contributed by atoms with Gasteiger partial charge in [-0.05, 0) is 69.2 Å². The Bertz CT molecular complexity index is 995. The van der Waals surface area contributed by atoms with Crippen LogP contribution in [0.5, 0.6) is 0 Å². The number of carbonyl (C=O) groups is 2. The lowest BCUT2D eigenvalue weighted by Gasteiger charge is -2.28. The van der Waals surface area contributed by atoms with Crippen molar-refractivity contribution in [3.05, 3.63) is 68.8 Å². The van der Waals surface area contributed by atoms with Crippen molar-refractivity contribution in [2.75, 3.05) is 0 Å². The van der Waals surface area contributed by atoms with Crippen LogP contribution in [-0.4, -0.2) is 11.6 Å². The monoisotopic (exact) mass is 416 g/mol. The predicted octanol–water partition coefficient (Wildman–Crippen LogP) is 7.64. The van der Waals surface area contributed by atoms with E-state index in [2.05, 4.69) is 79.7 Å². The lowest BCUT2D eigenvalue weighted by molar-refractivity contribution is 0.0957. The molecule has 31 heavy (non-hydrogen) atoms. The molecule has 1 spiro atoms. The van der Waals surface area contributed by atoms with E-state index in [1.54, 1.807) is 0 Å². The van der Waals surface area contributed by atoms with Gasteiger partial charge in [-0.25, -0.2) is 0 Å². The van der Waals surface area contributed by atoms with Crippen LogP contribution >= 0.6 is 0 Å². The number of fused-ring (bicyclic) bond motifs is 4. The van der Waals surface area contributed by atoms with Gasteiger partial charge in [0, 0.05) is 29.4 Å². The van der Waals surface area contributed by atoms with Crippen molar-refractivity contribution in [2.45, 2.75) is 97.3 Å². The highest BCUT2D eigenvalue weighted by atomic mass is 16.1. The molecule has 164 valence electrons. The molecular formula is C29H36O2. The van der Waals surface area contributed by atoms with E-state index >= 15 is 0 Å². The zero-order valence-electron chi connectivity index (χ0n) is 20.3. The van der Waals surface area contributed by atoms with E-state index in [-0.39, 0.29) is 11.6 Å². The highest BCUT2D eigenvalue weighted by molar-refractivity contribution is 6.10. The van der Waals surface area contributed by atoms with E-state index in [1.807, 2.05) is 0 Å². The van der Waals surface area contributed by atoms with Gasteiger partial charge in [0.1, 0.15) is 0 Å². The third-order valence-corrected chi connectivity index (χ3v) is 7.49. The average molecular weight is 417 g/mol. The van der Waals surface area contributed by atoms with Crippen LogP contribution in [0.3, 0.4) is 0 Å². The van der Waals surface area contributed by atoms with Crippen LogP contribution in [-0.2, 0) is 5.41 Å². The van der Waals surface area contributed by atoms with Gasteiger partial charge in [-0.15, -0.1) is 0 Å². The first-order chi connectivity index (χ1) is 14.5.